The van der Waals surface area contributed by atoms with Gasteiger partial charge in [0.05, 0.1) is 12.1 Å². The number of Topliss-reactive ketones (excluding diaryl/α,β-unsaturated/α-hetero) is 1. The number of carbonyl (C=O) groups is 1. The highest BCUT2D eigenvalue weighted by atomic mass is 16.5. The average Bonchev–Trinajstić information content (AvgIpc) is 2.17. The minimum atomic E-state index is -0.0226. The van der Waals surface area contributed by atoms with Crippen LogP contribution in [0.4, 0.5) is 0 Å². The molecule has 1 fully saturated rings. The van der Waals surface area contributed by atoms with Crippen molar-refractivity contribution in [1.29, 1.82) is 0 Å². The Kier molecular flexibility index (Phi) is 4.51. The zero-order valence-electron chi connectivity index (χ0n) is 10.9. The van der Waals surface area contributed by atoms with Crippen LogP contribution in [-0.2, 0) is 9.53 Å². The third kappa shape index (κ3) is 3.62. The van der Waals surface area contributed by atoms with Gasteiger partial charge in [0.15, 0.2) is 5.90 Å². The molecule has 0 amide bonds. The summed E-state index contributed by atoms with van der Waals surface area (Å²) in [5, 5.41) is 0. The van der Waals surface area contributed by atoms with Crippen molar-refractivity contribution < 1.29 is 9.53 Å². The highest BCUT2D eigenvalue weighted by Crippen LogP contribution is 2.35. The lowest BCUT2D eigenvalue weighted by atomic mass is 9.77. The Labute approximate surface area is 98.3 Å². The second-order valence-electron chi connectivity index (χ2n) is 4.95. The highest BCUT2D eigenvalue weighted by molar-refractivity contribution is 5.78. The first-order valence-electron chi connectivity index (χ1n) is 6.16. The molecule has 0 heterocycles. The normalized spacial score (nSPS) is 31.2. The zero-order valence-corrected chi connectivity index (χ0v) is 10.9. The van der Waals surface area contributed by atoms with E-state index in [1.165, 1.54) is 0 Å². The van der Waals surface area contributed by atoms with Crippen LogP contribution in [0.3, 0.4) is 0 Å². The Bertz CT molecular complexity index is 276. The molecule has 1 aliphatic carbocycles. The van der Waals surface area contributed by atoms with Crippen molar-refractivity contribution in [2.45, 2.75) is 58.9 Å². The van der Waals surface area contributed by atoms with E-state index in [1.807, 2.05) is 13.8 Å². The van der Waals surface area contributed by atoms with Gasteiger partial charge < -0.3 is 4.74 Å². The van der Waals surface area contributed by atoms with Crippen molar-refractivity contribution in [2.75, 3.05) is 6.61 Å². The van der Waals surface area contributed by atoms with E-state index in [9.17, 15) is 4.79 Å². The van der Waals surface area contributed by atoms with Gasteiger partial charge in [0, 0.05) is 12.8 Å². The first-order valence-corrected chi connectivity index (χ1v) is 6.16. The second-order valence-corrected chi connectivity index (χ2v) is 4.95. The van der Waals surface area contributed by atoms with Crippen LogP contribution in [-0.4, -0.2) is 23.8 Å². The molecule has 1 saturated carbocycles. The number of aliphatic imine (C=N–C) groups is 1. The molecule has 1 rings (SSSR count). The Morgan fingerprint density at radius 1 is 1.38 bits per heavy atom. The molecule has 0 aliphatic heterocycles. The summed E-state index contributed by atoms with van der Waals surface area (Å²) >= 11 is 0. The fraction of sp³-hybridized carbons (Fsp3) is 0.846. The van der Waals surface area contributed by atoms with E-state index in [-0.39, 0.29) is 11.5 Å². The summed E-state index contributed by atoms with van der Waals surface area (Å²) < 4.78 is 5.37. The lowest BCUT2D eigenvalue weighted by molar-refractivity contribution is -0.121. The largest absolute Gasteiger partial charge is 0.481 e. The minimum absolute atomic E-state index is 0.0226. The van der Waals surface area contributed by atoms with E-state index in [4.69, 9.17) is 4.74 Å². The SMILES string of the molecule is CCOC(C)=NC1(C)CCC(C(C)=O)CC1. The molecule has 0 radical (unpaired) electrons. The number of rotatable bonds is 3. The van der Waals surface area contributed by atoms with Crippen LogP contribution >= 0.6 is 0 Å². The number of ketones is 1. The molecule has 0 saturated heterocycles. The summed E-state index contributed by atoms with van der Waals surface area (Å²) in [6.07, 6.45) is 3.91. The molecule has 1 aliphatic rings. The van der Waals surface area contributed by atoms with Gasteiger partial charge in [-0.1, -0.05) is 0 Å². The van der Waals surface area contributed by atoms with Crippen molar-refractivity contribution in [3.8, 4) is 0 Å². The van der Waals surface area contributed by atoms with Gasteiger partial charge in [-0.15, -0.1) is 0 Å². The number of ether oxygens (including phenoxy) is 1. The van der Waals surface area contributed by atoms with Crippen molar-refractivity contribution in [1.82, 2.24) is 0 Å². The average molecular weight is 225 g/mol. The highest BCUT2D eigenvalue weighted by Gasteiger charge is 2.32. The summed E-state index contributed by atoms with van der Waals surface area (Å²) in [5.41, 5.74) is -0.0226. The summed E-state index contributed by atoms with van der Waals surface area (Å²) in [4.78, 5) is 15.9. The Morgan fingerprint density at radius 3 is 2.38 bits per heavy atom. The topological polar surface area (TPSA) is 38.7 Å². The number of hydrogen-bond acceptors (Lipinski definition) is 3. The van der Waals surface area contributed by atoms with E-state index in [0.717, 1.165) is 31.6 Å². The molecule has 0 N–H and O–H groups in total. The van der Waals surface area contributed by atoms with Gasteiger partial charge in [0.1, 0.15) is 5.78 Å². The molecule has 0 atom stereocenters. The number of carbonyl (C=O) groups excluding carboxylic acids is 1. The van der Waals surface area contributed by atoms with Gasteiger partial charge in [-0.3, -0.25) is 4.79 Å². The smallest absolute Gasteiger partial charge is 0.180 e. The third-order valence-electron chi connectivity index (χ3n) is 3.42. The summed E-state index contributed by atoms with van der Waals surface area (Å²) in [6, 6.07) is 0. The van der Waals surface area contributed by atoms with Crippen molar-refractivity contribution in [3.05, 3.63) is 0 Å². The second kappa shape index (κ2) is 5.46. The van der Waals surface area contributed by atoms with E-state index in [1.54, 1.807) is 6.92 Å². The van der Waals surface area contributed by atoms with Crippen molar-refractivity contribution >= 4 is 11.7 Å². The van der Waals surface area contributed by atoms with E-state index in [0.29, 0.717) is 12.4 Å². The molecule has 3 nitrogen and oxygen atoms in total. The molecule has 0 aromatic heterocycles. The summed E-state index contributed by atoms with van der Waals surface area (Å²) in [7, 11) is 0. The molecular formula is C13H23NO2. The molecule has 0 aromatic rings. The summed E-state index contributed by atoms with van der Waals surface area (Å²) in [5.74, 6) is 1.36. The van der Waals surface area contributed by atoms with Crippen LogP contribution < -0.4 is 0 Å². The molecule has 0 unspecified atom stereocenters. The van der Waals surface area contributed by atoms with Gasteiger partial charge in [0.25, 0.3) is 0 Å². The van der Waals surface area contributed by atoms with Gasteiger partial charge in [-0.25, -0.2) is 4.99 Å². The van der Waals surface area contributed by atoms with Gasteiger partial charge >= 0.3 is 0 Å². The molecule has 92 valence electrons. The van der Waals surface area contributed by atoms with Crippen molar-refractivity contribution in [2.24, 2.45) is 10.9 Å². The van der Waals surface area contributed by atoms with E-state index in [2.05, 4.69) is 11.9 Å². The minimum Gasteiger partial charge on any atom is -0.481 e. The molecule has 0 aromatic carbocycles. The first-order chi connectivity index (χ1) is 7.47. The fourth-order valence-corrected chi connectivity index (χ4v) is 2.38. The van der Waals surface area contributed by atoms with E-state index >= 15 is 0 Å². The molecule has 16 heavy (non-hydrogen) atoms. The van der Waals surface area contributed by atoms with Crippen LogP contribution in [0.5, 0.6) is 0 Å². The van der Waals surface area contributed by atoms with Gasteiger partial charge in [0.2, 0.25) is 0 Å². The third-order valence-corrected chi connectivity index (χ3v) is 3.42. The predicted molar refractivity (Wildman–Crippen MR) is 65.8 cm³/mol. The predicted octanol–water partition coefficient (Wildman–Crippen LogP) is 2.98. The first kappa shape index (κ1) is 13.2. The Hall–Kier alpha value is -0.860. The van der Waals surface area contributed by atoms with Crippen LogP contribution in [0, 0.1) is 5.92 Å². The monoisotopic (exact) mass is 225 g/mol. The Morgan fingerprint density at radius 2 is 1.94 bits per heavy atom. The maximum absolute atomic E-state index is 11.3. The molecule has 3 heteroatoms. The van der Waals surface area contributed by atoms with Crippen molar-refractivity contribution in [3.63, 3.8) is 0 Å². The molecular weight excluding hydrogens is 202 g/mol. The maximum atomic E-state index is 11.3. The Balaban J connectivity index is 2.56. The lowest BCUT2D eigenvalue weighted by Crippen LogP contribution is -2.32. The van der Waals surface area contributed by atoms with Crippen LogP contribution in [0.1, 0.15) is 53.4 Å². The number of nitrogens with zero attached hydrogens (tertiary/aromatic N) is 1. The fourth-order valence-electron chi connectivity index (χ4n) is 2.38. The van der Waals surface area contributed by atoms with Crippen LogP contribution in [0.15, 0.2) is 4.99 Å². The van der Waals surface area contributed by atoms with Crippen LogP contribution in [0.25, 0.3) is 0 Å². The molecule has 0 bridgehead atoms. The van der Waals surface area contributed by atoms with Gasteiger partial charge in [-0.05, 0) is 46.5 Å². The van der Waals surface area contributed by atoms with E-state index < -0.39 is 0 Å². The number of hydrogen-bond donors (Lipinski definition) is 0. The van der Waals surface area contributed by atoms with Crippen LogP contribution in [0.2, 0.25) is 0 Å². The maximum Gasteiger partial charge on any atom is 0.180 e. The standard InChI is InChI=1S/C13H23NO2/c1-5-16-11(3)14-13(4)8-6-12(7-9-13)10(2)15/h12H,5-9H2,1-4H3. The lowest BCUT2D eigenvalue weighted by Gasteiger charge is -2.33. The van der Waals surface area contributed by atoms with Gasteiger partial charge in [-0.2, -0.15) is 0 Å². The zero-order chi connectivity index (χ0) is 12.2. The quantitative estimate of drug-likeness (QED) is 0.547. The molecule has 0 spiro atoms. The summed E-state index contributed by atoms with van der Waals surface area (Å²) in [6.45, 7) is 8.40.